The van der Waals surface area contributed by atoms with Crippen LogP contribution in [0.4, 0.5) is 17.5 Å². The molecule has 3 rings (SSSR count). The number of methoxy groups -OCH3 is 1. The van der Waals surface area contributed by atoms with E-state index >= 15 is 0 Å². The highest BCUT2D eigenvalue weighted by Gasteiger charge is 2.15. The Bertz CT molecular complexity index is 953. The first-order valence-corrected chi connectivity index (χ1v) is 9.21. The van der Waals surface area contributed by atoms with Crippen molar-refractivity contribution in [1.29, 1.82) is 0 Å². The SMILES string of the molecule is COc1ccc(N)c(CNc2nc(NCC(C)O)nc3c2ncn3C(C)C)c1. The van der Waals surface area contributed by atoms with Crippen LogP contribution in [0.5, 0.6) is 5.75 Å². The fraction of sp³-hybridized carbons (Fsp3) is 0.421. The van der Waals surface area contributed by atoms with Gasteiger partial charge in [-0.2, -0.15) is 9.97 Å². The van der Waals surface area contributed by atoms with Crippen LogP contribution in [0, 0.1) is 0 Å². The molecule has 0 aliphatic heterocycles. The lowest BCUT2D eigenvalue weighted by molar-refractivity contribution is 0.208. The number of aliphatic hydroxyl groups excluding tert-OH is 1. The predicted molar refractivity (Wildman–Crippen MR) is 111 cm³/mol. The van der Waals surface area contributed by atoms with Gasteiger partial charge in [0.25, 0.3) is 0 Å². The third kappa shape index (κ3) is 4.25. The minimum Gasteiger partial charge on any atom is -0.497 e. The van der Waals surface area contributed by atoms with E-state index in [4.69, 9.17) is 10.5 Å². The van der Waals surface area contributed by atoms with Gasteiger partial charge < -0.3 is 30.8 Å². The summed E-state index contributed by atoms with van der Waals surface area (Å²) in [7, 11) is 1.62. The summed E-state index contributed by atoms with van der Waals surface area (Å²) in [4.78, 5) is 13.6. The Kier molecular flexibility index (Phi) is 5.84. The maximum absolute atomic E-state index is 9.55. The minimum atomic E-state index is -0.512. The number of nitrogens with two attached hydrogens (primary N) is 1. The fourth-order valence-electron chi connectivity index (χ4n) is 2.78. The monoisotopic (exact) mass is 385 g/mol. The van der Waals surface area contributed by atoms with Crippen LogP contribution in [0.15, 0.2) is 24.5 Å². The van der Waals surface area contributed by atoms with Crippen LogP contribution < -0.4 is 21.1 Å². The van der Waals surface area contributed by atoms with Crippen molar-refractivity contribution in [3.8, 4) is 5.75 Å². The second-order valence-electron chi connectivity index (χ2n) is 6.96. The number of ether oxygens (including phenoxy) is 1. The molecule has 0 saturated heterocycles. The molecule has 0 spiro atoms. The molecular formula is C19H27N7O2. The quantitative estimate of drug-likeness (QED) is 0.436. The maximum atomic E-state index is 9.55. The third-order valence-corrected chi connectivity index (χ3v) is 4.33. The molecule has 3 aromatic rings. The molecule has 1 unspecified atom stereocenters. The van der Waals surface area contributed by atoms with Crippen LogP contribution in [0.1, 0.15) is 32.4 Å². The van der Waals surface area contributed by atoms with Gasteiger partial charge in [0.15, 0.2) is 17.0 Å². The van der Waals surface area contributed by atoms with Crippen molar-refractivity contribution in [1.82, 2.24) is 19.5 Å². The predicted octanol–water partition coefficient (Wildman–Crippen LogP) is 2.40. The van der Waals surface area contributed by atoms with Crippen LogP contribution >= 0.6 is 0 Å². The highest BCUT2D eigenvalue weighted by Crippen LogP contribution is 2.25. The topological polar surface area (TPSA) is 123 Å². The molecule has 0 fully saturated rings. The van der Waals surface area contributed by atoms with Gasteiger partial charge in [-0.3, -0.25) is 0 Å². The van der Waals surface area contributed by atoms with E-state index in [0.717, 1.165) is 17.0 Å². The number of fused-ring (bicyclic) bond motifs is 1. The van der Waals surface area contributed by atoms with Crippen LogP contribution in [-0.2, 0) is 6.54 Å². The Morgan fingerprint density at radius 2 is 2.00 bits per heavy atom. The summed E-state index contributed by atoms with van der Waals surface area (Å²) in [5.41, 5.74) is 9.05. The molecule has 9 nitrogen and oxygen atoms in total. The van der Waals surface area contributed by atoms with Crippen LogP contribution in [0.3, 0.4) is 0 Å². The normalized spacial score (nSPS) is 12.4. The Labute approximate surface area is 164 Å². The summed E-state index contributed by atoms with van der Waals surface area (Å²) < 4.78 is 7.26. The lowest BCUT2D eigenvalue weighted by atomic mass is 10.1. The molecule has 2 heterocycles. The Balaban J connectivity index is 1.94. The molecular weight excluding hydrogens is 358 g/mol. The Morgan fingerprint density at radius 1 is 1.21 bits per heavy atom. The highest BCUT2D eigenvalue weighted by molar-refractivity contribution is 5.84. The summed E-state index contributed by atoms with van der Waals surface area (Å²) >= 11 is 0. The number of hydrogen-bond acceptors (Lipinski definition) is 8. The number of aromatic nitrogens is 4. The van der Waals surface area contributed by atoms with Gasteiger partial charge in [0.2, 0.25) is 5.95 Å². The summed E-state index contributed by atoms with van der Waals surface area (Å²) in [6.07, 6.45) is 1.25. The first-order valence-electron chi connectivity index (χ1n) is 9.21. The average molecular weight is 385 g/mol. The van der Waals surface area contributed by atoms with Gasteiger partial charge in [-0.05, 0) is 44.5 Å². The second-order valence-corrected chi connectivity index (χ2v) is 6.96. The van der Waals surface area contributed by atoms with E-state index in [1.165, 1.54) is 0 Å². The number of benzene rings is 1. The largest absolute Gasteiger partial charge is 0.497 e. The molecule has 0 aliphatic carbocycles. The lowest BCUT2D eigenvalue weighted by Crippen LogP contribution is -2.18. The number of imidazole rings is 1. The Morgan fingerprint density at radius 3 is 2.68 bits per heavy atom. The summed E-state index contributed by atoms with van der Waals surface area (Å²) in [5, 5.41) is 15.9. The second kappa shape index (κ2) is 8.30. The number of nitrogen functional groups attached to an aromatic ring is 1. The molecule has 5 N–H and O–H groups in total. The Hall–Kier alpha value is -3.07. The van der Waals surface area contributed by atoms with E-state index in [9.17, 15) is 5.11 Å². The van der Waals surface area contributed by atoms with Gasteiger partial charge in [0.05, 0.1) is 19.5 Å². The lowest BCUT2D eigenvalue weighted by Gasteiger charge is -2.13. The molecule has 150 valence electrons. The zero-order valence-corrected chi connectivity index (χ0v) is 16.6. The number of nitrogens with zero attached hydrogens (tertiary/aromatic N) is 4. The first kappa shape index (κ1) is 19.7. The van der Waals surface area contributed by atoms with Gasteiger partial charge in [-0.25, -0.2) is 4.98 Å². The average Bonchev–Trinajstić information content (AvgIpc) is 3.10. The number of anilines is 3. The molecule has 0 radical (unpaired) electrons. The summed E-state index contributed by atoms with van der Waals surface area (Å²) in [5.74, 6) is 1.76. The molecule has 0 saturated carbocycles. The molecule has 2 aromatic heterocycles. The molecule has 1 atom stereocenters. The highest BCUT2D eigenvalue weighted by atomic mass is 16.5. The van der Waals surface area contributed by atoms with Gasteiger partial charge in [0, 0.05) is 24.8 Å². The van der Waals surface area contributed by atoms with E-state index in [0.29, 0.717) is 36.1 Å². The molecule has 9 heteroatoms. The van der Waals surface area contributed by atoms with E-state index in [2.05, 4.69) is 39.4 Å². The van der Waals surface area contributed by atoms with Gasteiger partial charge in [-0.15, -0.1) is 0 Å². The van der Waals surface area contributed by atoms with E-state index in [1.54, 1.807) is 20.4 Å². The van der Waals surface area contributed by atoms with E-state index < -0.39 is 6.10 Å². The molecule has 0 bridgehead atoms. The van der Waals surface area contributed by atoms with Crippen LogP contribution in [0.2, 0.25) is 0 Å². The molecule has 0 amide bonds. The molecule has 1 aromatic carbocycles. The van der Waals surface area contributed by atoms with Crippen molar-refractivity contribution in [2.45, 2.75) is 39.5 Å². The van der Waals surface area contributed by atoms with Crippen molar-refractivity contribution in [3.63, 3.8) is 0 Å². The number of rotatable bonds is 8. The zero-order chi connectivity index (χ0) is 20.3. The van der Waals surface area contributed by atoms with Gasteiger partial charge in [0.1, 0.15) is 5.75 Å². The number of aliphatic hydroxyl groups is 1. The third-order valence-electron chi connectivity index (χ3n) is 4.33. The first-order chi connectivity index (χ1) is 13.4. The number of nitrogens with one attached hydrogen (secondary N) is 2. The molecule has 0 aliphatic rings. The van der Waals surface area contributed by atoms with Gasteiger partial charge >= 0.3 is 0 Å². The van der Waals surface area contributed by atoms with Crippen LogP contribution in [-0.4, -0.2) is 44.4 Å². The van der Waals surface area contributed by atoms with Crippen molar-refractivity contribution < 1.29 is 9.84 Å². The van der Waals surface area contributed by atoms with Gasteiger partial charge in [-0.1, -0.05) is 0 Å². The van der Waals surface area contributed by atoms with Crippen LogP contribution in [0.25, 0.3) is 11.2 Å². The minimum absolute atomic E-state index is 0.200. The van der Waals surface area contributed by atoms with Crippen molar-refractivity contribution in [2.75, 3.05) is 30.0 Å². The van der Waals surface area contributed by atoms with E-state index in [-0.39, 0.29) is 6.04 Å². The fourth-order valence-corrected chi connectivity index (χ4v) is 2.78. The summed E-state index contributed by atoms with van der Waals surface area (Å²) in [6.45, 7) is 6.64. The zero-order valence-electron chi connectivity index (χ0n) is 16.6. The van der Waals surface area contributed by atoms with Crippen molar-refractivity contribution >= 4 is 28.6 Å². The maximum Gasteiger partial charge on any atom is 0.226 e. The standard InChI is InChI=1S/C19H27N7O2/c1-11(2)26-10-23-16-17(24-19(25-18(16)26)22-8-12(3)27)21-9-13-7-14(28-4)5-6-15(13)20/h5-7,10-12,27H,8-9,20H2,1-4H3,(H2,21,22,24,25). The van der Waals surface area contributed by atoms with Crippen molar-refractivity contribution in [3.05, 3.63) is 30.1 Å². The van der Waals surface area contributed by atoms with Crippen molar-refractivity contribution in [2.24, 2.45) is 0 Å². The van der Waals surface area contributed by atoms with E-state index in [1.807, 2.05) is 22.8 Å². The smallest absolute Gasteiger partial charge is 0.226 e. The molecule has 28 heavy (non-hydrogen) atoms. The number of hydrogen-bond donors (Lipinski definition) is 4. The summed E-state index contributed by atoms with van der Waals surface area (Å²) in [6, 6.07) is 5.73.